The Morgan fingerprint density at radius 3 is 2.73 bits per heavy atom. The van der Waals surface area contributed by atoms with E-state index in [9.17, 15) is 4.79 Å². The predicted octanol–water partition coefficient (Wildman–Crippen LogP) is 3.06. The first-order valence-corrected chi connectivity index (χ1v) is 8.33. The van der Waals surface area contributed by atoms with E-state index < -0.39 is 0 Å². The summed E-state index contributed by atoms with van der Waals surface area (Å²) in [6, 6.07) is 15.4. The minimum atomic E-state index is -0.114. The molecule has 4 aromatic rings. The van der Waals surface area contributed by atoms with Crippen molar-refractivity contribution in [1.29, 1.82) is 0 Å². The number of pyridine rings is 2. The summed E-state index contributed by atoms with van der Waals surface area (Å²) < 4.78 is 1.78. The van der Waals surface area contributed by atoms with E-state index in [0.717, 1.165) is 22.0 Å². The first kappa shape index (κ1) is 16.0. The highest BCUT2D eigenvalue weighted by Gasteiger charge is 2.09. The number of hydrogen-bond acceptors (Lipinski definition) is 4. The zero-order valence-corrected chi connectivity index (χ0v) is 14.0. The summed E-state index contributed by atoms with van der Waals surface area (Å²) in [4.78, 5) is 20.8. The van der Waals surface area contributed by atoms with E-state index in [1.54, 1.807) is 29.3 Å². The summed E-state index contributed by atoms with van der Waals surface area (Å²) in [6.07, 6.45) is 7.34. The second-order valence-electron chi connectivity index (χ2n) is 5.97. The number of anilines is 1. The minimum Gasteiger partial charge on any atom is -0.309 e. The maximum Gasteiger partial charge on any atom is 0.230 e. The van der Waals surface area contributed by atoms with Gasteiger partial charge in [-0.3, -0.25) is 19.4 Å². The Morgan fingerprint density at radius 2 is 1.85 bits per heavy atom. The summed E-state index contributed by atoms with van der Waals surface area (Å²) >= 11 is 0. The Hall–Kier alpha value is -3.54. The quantitative estimate of drug-likeness (QED) is 0.604. The van der Waals surface area contributed by atoms with Crippen LogP contribution in [0.15, 0.2) is 73.3 Å². The van der Waals surface area contributed by atoms with Gasteiger partial charge in [0.15, 0.2) is 5.82 Å². The second-order valence-corrected chi connectivity index (χ2v) is 5.97. The van der Waals surface area contributed by atoms with Gasteiger partial charge in [0.25, 0.3) is 0 Å². The van der Waals surface area contributed by atoms with Gasteiger partial charge in [0, 0.05) is 36.2 Å². The van der Waals surface area contributed by atoms with Gasteiger partial charge in [0.05, 0.1) is 18.5 Å². The molecule has 0 saturated carbocycles. The highest BCUT2D eigenvalue weighted by atomic mass is 16.1. The van der Waals surface area contributed by atoms with E-state index >= 15 is 0 Å². The summed E-state index contributed by atoms with van der Waals surface area (Å²) in [5.74, 6) is 0.426. The third-order valence-electron chi connectivity index (χ3n) is 4.07. The number of amides is 1. The normalized spacial score (nSPS) is 10.8. The van der Waals surface area contributed by atoms with Crippen molar-refractivity contribution in [2.24, 2.45) is 0 Å². The molecule has 3 aromatic heterocycles. The predicted molar refractivity (Wildman–Crippen MR) is 99.6 cm³/mol. The molecule has 1 N–H and O–H groups in total. The van der Waals surface area contributed by atoms with Crippen LogP contribution in [0.2, 0.25) is 0 Å². The molecule has 3 heterocycles. The van der Waals surface area contributed by atoms with Gasteiger partial charge >= 0.3 is 0 Å². The lowest BCUT2D eigenvalue weighted by atomic mass is 10.1. The monoisotopic (exact) mass is 343 g/mol. The van der Waals surface area contributed by atoms with E-state index in [4.69, 9.17) is 0 Å². The van der Waals surface area contributed by atoms with Gasteiger partial charge in [-0.05, 0) is 29.3 Å². The molecular weight excluding hydrogens is 326 g/mol. The average molecular weight is 343 g/mol. The van der Waals surface area contributed by atoms with E-state index in [0.29, 0.717) is 12.4 Å². The van der Waals surface area contributed by atoms with Crippen LogP contribution >= 0.6 is 0 Å². The first-order chi connectivity index (χ1) is 12.8. The summed E-state index contributed by atoms with van der Waals surface area (Å²) in [5.41, 5.74) is 2.85. The highest BCUT2D eigenvalue weighted by Crippen LogP contribution is 2.17. The van der Waals surface area contributed by atoms with E-state index in [2.05, 4.69) is 20.4 Å². The molecule has 6 heteroatoms. The van der Waals surface area contributed by atoms with Gasteiger partial charge in [0.2, 0.25) is 5.91 Å². The van der Waals surface area contributed by atoms with Crippen molar-refractivity contribution in [2.45, 2.75) is 13.0 Å². The number of benzene rings is 1. The van der Waals surface area contributed by atoms with E-state index in [-0.39, 0.29) is 12.3 Å². The molecule has 0 spiro atoms. The van der Waals surface area contributed by atoms with Crippen LogP contribution < -0.4 is 5.32 Å². The molecule has 6 nitrogen and oxygen atoms in total. The minimum absolute atomic E-state index is 0.114. The summed E-state index contributed by atoms with van der Waals surface area (Å²) in [6.45, 7) is 0.631. The van der Waals surface area contributed by atoms with Crippen molar-refractivity contribution in [3.05, 3.63) is 84.4 Å². The molecule has 0 radical (unpaired) electrons. The van der Waals surface area contributed by atoms with Gasteiger partial charge in [-0.2, -0.15) is 5.10 Å². The fourth-order valence-corrected chi connectivity index (χ4v) is 2.86. The van der Waals surface area contributed by atoms with Crippen LogP contribution in [0.4, 0.5) is 5.82 Å². The third kappa shape index (κ3) is 3.59. The topological polar surface area (TPSA) is 72.7 Å². The molecule has 0 atom stereocenters. The Labute approximate surface area is 150 Å². The average Bonchev–Trinajstić information content (AvgIpc) is 3.09. The number of rotatable bonds is 5. The molecular formula is C20H17N5O. The number of aromatic nitrogens is 4. The smallest absolute Gasteiger partial charge is 0.230 e. The van der Waals surface area contributed by atoms with Crippen molar-refractivity contribution in [3.63, 3.8) is 0 Å². The molecule has 0 aliphatic rings. The van der Waals surface area contributed by atoms with Crippen LogP contribution in [0.1, 0.15) is 11.1 Å². The van der Waals surface area contributed by atoms with Gasteiger partial charge < -0.3 is 5.32 Å². The Bertz CT molecular complexity index is 1040. The molecule has 26 heavy (non-hydrogen) atoms. The molecule has 4 rings (SSSR count). The van der Waals surface area contributed by atoms with Crippen molar-refractivity contribution < 1.29 is 4.79 Å². The fourth-order valence-electron chi connectivity index (χ4n) is 2.86. The SMILES string of the molecule is O=C(Cc1cccc2cccnc12)Nc1ccn(Cc2ccncc2)n1. The van der Waals surface area contributed by atoms with Crippen molar-refractivity contribution in [2.75, 3.05) is 5.32 Å². The molecule has 128 valence electrons. The maximum atomic E-state index is 12.4. The third-order valence-corrected chi connectivity index (χ3v) is 4.07. The van der Waals surface area contributed by atoms with Crippen molar-refractivity contribution in [1.82, 2.24) is 19.7 Å². The summed E-state index contributed by atoms with van der Waals surface area (Å²) in [5, 5.41) is 8.28. The number of carbonyl (C=O) groups excluding carboxylic acids is 1. The Morgan fingerprint density at radius 1 is 1.00 bits per heavy atom. The molecule has 0 bridgehead atoms. The van der Waals surface area contributed by atoms with Crippen LogP contribution in [0, 0.1) is 0 Å². The molecule has 0 fully saturated rings. The van der Waals surface area contributed by atoms with E-state index in [1.165, 1.54) is 0 Å². The standard InChI is InChI=1S/C20H17N5O/c26-19(13-17-4-1-3-16-5-2-9-22-20(16)17)23-18-8-12-25(24-18)14-15-6-10-21-11-7-15/h1-12H,13-14H2,(H,23,24,26). The largest absolute Gasteiger partial charge is 0.309 e. The number of para-hydroxylation sites is 1. The molecule has 0 saturated heterocycles. The molecule has 1 amide bonds. The number of hydrogen-bond donors (Lipinski definition) is 1. The first-order valence-electron chi connectivity index (χ1n) is 8.33. The number of nitrogens with zero attached hydrogens (tertiary/aromatic N) is 4. The Balaban J connectivity index is 1.44. The maximum absolute atomic E-state index is 12.4. The Kier molecular flexibility index (Phi) is 4.38. The zero-order chi connectivity index (χ0) is 17.8. The van der Waals surface area contributed by atoms with Crippen LogP contribution in [0.25, 0.3) is 10.9 Å². The van der Waals surface area contributed by atoms with E-state index in [1.807, 2.05) is 48.7 Å². The molecule has 0 aliphatic carbocycles. The number of nitrogens with one attached hydrogen (secondary N) is 1. The molecule has 0 aliphatic heterocycles. The number of carbonyl (C=O) groups is 1. The molecule has 1 aromatic carbocycles. The lowest BCUT2D eigenvalue weighted by Crippen LogP contribution is -2.15. The molecule has 0 unspecified atom stereocenters. The van der Waals surface area contributed by atoms with Crippen LogP contribution in [-0.2, 0) is 17.8 Å². The zero-order valence-electron chi connectivity index (χ0n) is 14.0. The van der Waals surface area contributed by atoms with Gasteiger partial charge in [-0.25, -0.2) is 0 Å². The van der Waals surface area contributed by atoms with Crippen LogP contribution in [0.5, 0.6) is 0 Å². The second kappa shape index (κ2) is 7.14. The van der Waals surface area contributed by atoms with Crippen molar-refractivity contribution >= 4 is 22.6 Å². The fraction of sp³-hybridized carbons (Fsp3) is 0.100. The summed E-state index contributed by atoms with van der Waals surface area (Å²) in [7, 11) is 0. The lowest BCUT2D eigenvalue weighted by Gasteiger charge is -2.06. The van der Waals surface area contributed by atoms with Crippen LogP contribution in [-0.4, -0.2) is 25.7 Å². The highest BCUT2D eigenvalue weighted by molar-refractivity contribution is 5.94. The lowest BCUT2D eigenvalue weighted by molar-refractivity contribution is -0.115. The van der Waals surface area contributed by atoms with Crippen LogP contribution in [0.3, 0.4) is 0 Å². The number of fused-ring (bicyclic) bond motifs is 1. The van der Waals surface area contributed by atoms with Gasteiger partial charge in [-0.15, -0.1) is 0 Å². The van der Waals surface area contributed by atoms with Gasteiger partial charge in [-0.1, -0.05) is 24.3 Å². The van der Waals surface area contributed by atoms with Gasteiger partial charge in [0.1, 0.15) is 0 Å². The van der Waals surface area contributed by atoms with Crippen molar-refractivity contribution in [3.8, 4) is 0 Å².